The first kappa shape index (κ1) is 11.7. The Morgan fingerprint density at radius 2 is 1.94 bits per heavy atom. The van der Waals surface area contributed by atoms with Gasteiger partial charge >= 0.3 is 0 Å². The van der Waals surface area contributed by atoms with Gasteiger partial charge in [-0.05, 0) is 6.92 Å². The maximum atomic E-state index is 5.75. The number of hydrogen-bond donors (Lipinski definition) is 2. The highest BCUT2D eigenvalue weighted by Crippen LogP contribution is 2.31. The maximum absolute atomic E-state index is 5.75. The average molecular weight is 235 g/mol. The Bertz CT molecular complexity index is 479. The number of aromatic nitrogens is 2. The van der Waals surface area contributed by atoms with E-state index in [-0.39, 0.29) is 6.04 Å². The lowest BCUT2D eigenvalue weighted by Crippen LogP contribution is -2.18. The van der Waals surface area contributed by atoms with Crippen molar-refractivity contribution in [3.8, 4) is 11.5 Å². The number of nitrogens with zero attached hydrogens (tertiary/aromatic N) is 1. The minimum atomic E-state index is 0.0827. The predicted molar refractivity (Wildman–Crippen MR) is 66.6 cm³/mol. The van der Waals surface area contributed by atoms with E-state index in [1.807, 2.05) is 19.1 Å². The van der Waals surface area contributed by atoms with Gasteiger partial charge in [0.05, 0.1) is 25.3 Å². The summed E-state index contributed by atoms with van der Waals surface area (Å²) in [5.41, 5.74) is 7.54. The van der Waals surface area contributed by atoms with E-state index in [1.165, 1.54) is 0 Å². The van der Waals surface area contributed by atoms with Crippen LogP contribution in [0.5, 0.6) is 11.5 Å². The molecule has 0 fully saturated rings. The monoisotopic (exact) mass is 235 g/mol. The molecule has 0 amide bonds. The van der Waals surface area contributed by atoms with Crippen LogP contribution >= 0.6 is 0 Å². The van der Waals surface area contributed by atoms with Crippen molar-refractivity contribution in [1.29, 1.82) is 0 Å². The summed E-state index contributed by atoms with van der Waals surface area (Å²) in [7, 11) is 3.22. The molecule has 0 bridgehead atoms. The largest absolute Gasteiger partial charge is 0.493 e. The molecule has 1 atom stereocenters. The molecule has 0 saturated heterocycles. The molecule has 0 aliphatic heterocycles. The van der Waals surface area contributed by atoms with E-state index in [0.29, 0.717) is 11.5 Å². The van der Waals surface area contributed by atoms with Crippen LogP contribution < -0.4 is 15.2 Å². The van der Waals surface area contributed by atoms with Crippen molar-refractivity contribution in [2.75, 3.05) is 14.2 Å². The molecule has 1 aromatic carbocycles. The molecule has 5 nitrogen and oxygen atoms in total. The van der Waals surface area contributed by atoms with Gasteiger partial charge < -0.3 is 20.2 Å². The highest BCUT2D eigenvalue weighted by atomic mass is 16.5. The van der Waals surface area contributed by atoms with Gasteiger partial charge in [-0.1, -0.05) is 0 Å². The van der Waals surface area contributed by atoms with Crippen LogP contribution in [0.15, 0.2) is 12.1 Å². The van der Waals surface area contributed by atoms with Crippen molar-refractivity contribution in [3.05, 3.63) is 18.0 Å². The third-order valence-electron chi connectivity index (χ3n) is 2.55. The Balaban J connectivity index is 2.46. The zero-order chi connectivity index (χ0) is 12.4. The number of nitrogens with one attached hydrogen (secondary N) is 1. The van der Waals surface area contributed by atoms with Crippen molar-refractivity contribution in [3.63, 3.8) is 0 Å². The highest BCUT2D eigenvalue weighted by molar-refractivity contribution is 5.79. The van der Waals surface area contributed by atoms with Crippen LogP contribution in [0.3, 0.4) is 0 Å². The zero-order valence-electron chi connectivity index (χ0n) is 10.3. The number of fused-ring (bicyclic) bond motifs is 1. The summed E-state index contributed by atoms with van der Waals surface area (Å²) in [6, 6.07) is 3.82. The first-order valence-corrected chi connectivity index (χ1v) is 5.50. The number of methoxy groups -OCH3 is 2. The fourth-order valence-electron chi connectivity index (χ4n) is 1.79. The summed E-state index contributed by atoms with van der Waals surface area (Å²) in [4.78, 5) is 7.69. The molecule has 0 radical (unpaired) electrons. The van der Waals surface area contributed by atoms with Gasteiger partial charge in [0.2, 0.25) is 0 Å². The second kappa shape index (κ2) is 4.63. The lowest BCUT2D eigenvalue weighted by atomic mass is 10.2. The Labute approximate surface area is 99.9 Å². The lowest BCUT2D eigenvalue weighted by Gasteiger charge is -2.06. The molecular weight excluding hydrogens is 218 g/mol. The van der Waals surface area contributed by atoms with Crippen molar-refractivity contribution in [1.82, 2.24) is 9.97 Å². The number of nitrogens with two attached hydrogens (primary N) is 1. The molecule has 0 aliphatic rings. The van der Waals surface area contributed by atoms with Crippen LogP contribution in [0, 0.1) is 0 Å². The number of ether oxygens (including phenoxy) is 2. The van der Waals surface area contributed by atoms with Crippen LogP contribution in [0.2, 0.25) is 0 Å². The molecule has 92 valence electrons. The molecule has 5 heteroatoms. The van der Waals surface area contributed by atoms with Gasteiger partial charge in [-0.3, -0.25) is 0 Å². The van der Waals surface area contributed by atoms with Crippen LogP contribution in [0.4, 0.5) is 0 Å². The summed E-state index contributed by atoms with van der Waals surface area (Å²) in [6.45, 7) is 1.95. The van der Waals surface area contributed by atoms with E-state index in [1.54, 1.807) is 14.2 Å². The Hall–Kier alpha value is -1.75. The van der Waals surface area contributed by atoms with Crippen molar-refractivity contribution < 1.29 is 9.47 Å². The van der Waals surface area contributed by atoms with E-state index < -0.39 is 0 Å². The van der Waals surface area contributed by atoms with Crippen LogP contribution in [-0.4, -0.2) is 30.2 Å². The second-order valence-electron chi connectivity index (χ2n) is 4.09. The average Bonchev–Trinajstić information content (AvgIpc) is 2.66. The fraction of sp³-hybridized carbons (Fsp3) is 0.417. The summed E-state index contributed by atoms with van der Waals surface area (Å²) in [5.74, 6) is 2.25. The molecular formula is C12H17N3O2. The summed E-state index contributed by atoms with van der Waals surface area (Å²) >= 11 is 0. The highest BCUT2D eigenvalue weighted by Gasteiger charge is 2.10. The summed E-state index contributed by atoms with van der Waals surface area (Å²) in [6.07, 6.45) is 0.722. The number of benzene rings is 1. The third-order valence-corrected chi connectivity index (χ3v) is 2.55. The predicted octanol–water partition coefficient (Wildman–Crippen LogP) is 1.47. The summed E-state index contributed by atoms with van der Waals surface area (Å²) < 4.78 is 10.5. The summed E-state index contributed by atoms with van der Waals surface area (Å²) in [5, 5.41) is 0. The van der Waals surface area contributed by atoms with Gasteiger partial charge in [-0.15, -0.1) is 0 Å². The maximum Gasteiger partial charge on any atom is 0.163 e. The quantitative estimate of drug-likeness (QED) is 0.841. The lowest BCUT2D eigenvalue weighted by molar-refractivity contribution is 0.356. The number of hydrogen-bond acceptors (Lipinski definition) is 4. The molecule has 2 rings (SSSR count). The first-order chi connectivity index (χ1) is 8.13. The topological polar surface area (TPSA) is 73.2 Å². The molecule has 1 unspecified atom stereocenters. The van der Waals surface area contributed by atoms with E-state index in [9.17, 15) is 0 Å². The van der Waals surface area contributed by atoms with E-state index in [4.69, 9.17) is 15.2 Å². The first-order valence-electron chi connectivity index (χ1n) is 5.50. The number of rotatable bonds is 4. The van der Waals surface area contributed by atoms with Gasteiger partial charge in [0, 0.05) is 24.6 Å². The van der Waals surface area contributed by atoms with Gasteiger partial charge in [0.15, 0.2) is 11.5 Å². The zero-order valence-corrected chi connectivity index (χ0v) is 10.3. The van der Waals surface area contributed by atoms with E-state index in [2.05, 4.69) is 9.97 Å². The van der Waals surface area contributed by atoms with Crippen LogP contribution in [0.1, 0.15) is 12.7 Å². The number of aromatic amines is 1. The minimum Gasteiger partial charge on any atom is -0.493 e. The molecule has 1 aromatic heterocycles. The van der Waals surface area contributed by atoms with Crippen LogP contribution in [-0.2, 0) is 6.42 Å². The Morgan fingerprint density at radius 1 is 1.29 bits per heavy atom. The van der Waals surface area contributed by atoms with Crippen molar-refractivity contribution in [2.24, 2.45) is 5.73 Å². The van der Waals surface area contributed by atoms with Crippen molar-refractivity contribution >= 4 is 11.0 Å². The second-order valence-corrected chi connectivity index (χ2v) is 4.09. The minimum absolute atomic E-state index is 0.0827. The van der Waals surface area contributed by atoms with Crippen LogP contribution in [0.25, 0.3) is 11.0 Å². The van der Waals surface area contributed by atoms with Crippen molar-refractivity contribution in [2.45, 2.75) is 19.4 Å². The molecule has 2 aromatic rings. The molecule has 3 N–H and O–H groups in total. The normalized spacial score (nSPS) is 12.7. The number of H-pyrrole nitrogens is 1. The molecule has 0 saturated carbocycles. The molecule has 0 spiro atoms. The fourth-order valence-corrected chi connectivity index (χ4v) is 1.79. The standard InChI is InChI=1S/C12H17N3O2/c1-7(13)4-12-14-8-5-10(16-2)11(17-3)6-9(8)15-12/h5-7H,4,13H2,1-3H3,(H,14,15). The van der Waals surface area contributed by atoms with Gasteiger partial charge in [-0.25, -0.2) is 4.98 Å². The Morgan fingerprint density at radius 3 is 2.53 bits per heavy atom. The van der Waals surface area contributed by atoms with E-state index in [0.717, 1.165) is 23.3 Å². The van der Waals surface area contributed by atoms with Gasteiger partial charge in [0.25, 0.3) is 0 Å². The SMILES string of the molecule is COc1cc2nc(CC(C)N)[nH]c2cc1OC. The Kier molecular flexibility index (Phi) is 3.19. The van der Waals surface area contributed by atoms with E-state index >= 15 is 0 Å². The third kappa shape index (κ3) is 2.34. The van der Waals surface area contributed by atoms with Gasteiger partial charge in [0.1, 0.15) is 5.82 Å². The molecule has 0 aliphatic carbocycles. The number of imidazole rings is 1. The molecule has 1 heterocycles. The molecule has 17 heavy (non-hydrogen) atoms. The smallest absolute Gasteiger partial charge is 0.163 e. The van der Waals surface area contributed by atoms with Gasteiger partial charge in [-0.2, -0.15) is 0 Å².